The maximum absolute atomic E-state index is 6.06. The highest BCUT2D eigenvalue weighted by atomic mass is 35.5. The molecule has 1 heterocycles. The average molecular weight is 307 g/mol. The molecule has 0 bridgehead atoms. The number of ether oxygens (including phenoxy) is 1. The summed E-state index contributed by atoms with van der Waals surface area (Å²) in [5.41, 5.74) is 1.92. The summed E-state index contributed by atoms with van der Waals surface area (Å²) in [5.74, 6) is 1.82. The van der Waals surface area contributed by atoms with E-state index in [0.29, 0.717) is 17.5 Å². The maximum atomic E-state index is 6.06. The van der Waals surface area contributed by atoms with Gasteiger partial charge in [0.1, 0.15) is 5.75 Å². The summed E-state index contributed by atoms with van der Waals surface area (Å²) in [7, 11) is 1.63. The SMILES string of the molecule is CCN(CC)c1nc(Cl)nc(-c2cc(C)ccc2OC)n1. The minimum atomic E-state index is 0.186. The van der Waals surface area contributed by atoms with Crippen LogP contribution in [0.5, 0.6) is 5.75 Å². The third-order valence-corrected chi connectivity index (χ3v) is 3.41. The Labute approximate surface area is 130 Å². The van der Waals surface area contributed by atoms with Gasteiger partial charge >= 0.3 is 0 Å². The molecule has 2 aromatic rings. The predicted octanol–water partition coefficient (Wildman–Crippen LogP) is 3.36. The summed E-state index contributed by atoms with van der Waals surface area (Å²) in [4.78, 5) is 15.0. The Hall–Kier alpha value is -1.88. The van der Waals surface area contributed by atoms with Gasteiger partial charge in [-0.25, -0.2) is 0 Å². The molecule has 0 amide bonds. The molecule has 0 aliphatic rings. The van der Waals surface area contributed by atoms with Gasteiger partial charge in [-0.3, -0.25) is 0 Å². The van der Waals surface area contributed by atoms with Gasteiger partial charge in [0.15, 0.2) is 5.82 Å². The number of methoxy groups -OCH3 is 1. The van der Waals surface area contributed by atoms with Gasteiger partial charge in [0.25, 0.3) is 0 Å². The van der Waals surface area contributed by atoms with E-state index in [1.54, 1.807) is 7.11 Å². The second-order valence-corrected chi connectivity index (χ2v) is 4.94. The molecular formula is C15H19ClN4O. The largest absolute Gasteiger partial charge is 0.496 e. The van der Waals surface area contributed by atoms with E-state index in [9.17, 15) is 0 Å². The van der Waals surface area contributed by atoms with Crippen molar-refractivity contribution in [3.63, 3.8) is 0 Å². The molecule has 0 radical (unpaired) electrons. The lowest BCUT2D eigenvalue weighted by Gasteiger charge is -2.19. The number of nitrogens with zero attached hydrogens (tertiary/aromatic N) is 4. The Kier molecular flexibility index (Phi) is 4.96. The molecule has 5 nitrogen and oxygen atoms in total. The topological polar surface area (TPSA) is 51.1 Å². The van der Waals surface area contributed by atoms with Crippen molar-refractivity contribution >= 4 is 17.5 Å². The Morgan fingerprint density at radius 3 is 2.48 bits per heavy atom. The number of anilines is 1. The molecule has 0 aliphatic heterocycles. The normalized spacial score (nSPS) is 10.5. The van der Waals surface area contributed by atoms with Crippen LogP contribution in [0.3, 0.4) is 0 Å². The van der Waals surface area contributed by atoms with E-state index < -0.39 is 0 Å². The van der Waals surface area contributed by atoms with Crippen molar-refractivity contribution in [2.75, 3.05) is 25.1 Å². The monoisotopic (exact) mass is 306 g/mol. The number of benzene rings is 1. The Balaban J connectivity index is 2.56. The van der Waals surface area contributed by atoms with Crippen molar-refractivity contribution < 1.29 is 4.74 Å². The number of aromatic nitrogens is 3. The van der Waals surface area contributed by atoms with Crippen LogP contribution in [0.15, 0.2) is 18.2 Å². The Morgan fingerprint density at radius 2 is 1.86 bits per heavy atom. The number of halogens is 1. The third kappa shape index (κ3) is 3.42. The van der Waals surface area contributed by atoms with Gasteiger partial charge in [0, 0.05) is 13.1 Å². The van der Waals surface area contributed by atoms with Gasteiger partial charge in [-0.05, 0) is 44.5 Å². The molecule has 1 aromatic heterocycles. The molecule has 21 heavy (non-hydrogen) atoms. The van der Waals surface area contributed by atoms with Crippen molar-refractivity contribution in [2.45, 2.75) is 20.8 Å². The van der Waals surface area contributed by atoms with E-state index in [-0.39, 0.29) is 5.28 Å². The van der Waals surface area contributed by atoms with E-state index >= 15 is 0 Å². The van der Waals surface area contributed by atoms with Crippen LogP contribution in [0.25, 0.3) is 11.4 Å². The van der Waals surface area contributed by atoms with Crippen LogP contribution in [0.2, 0.25) is 5.28 Å². The van der Waals surface area contributed by atoms with Crippen LogP contribution in [0.4, 0.5) is 5.95 Å². The fraction of sp³-hybridized carbons (Fsp3) is 0.400. The van der Waals surface area contributed by atoms with Crippen molar-refractivity contribution in [1.82, 2.24) is 15.0 Å². The van der Waals surface area contributed by atoms with E-state index in [0.717, 1.165) is 24.2 Å². The highest BCUT2D eigenvalue weighted by Crippen LogP contribution is 2.29. The summed E-state index contributed by atoms with van der Waals surface area (Å²) in [6.07, 6.45) is 0. The summed E-state index contributed by atoms with van der Waals surface area (Å²) in [6, 6.07) is 5.87. The lowest BCUT2D eigenvalue weighted by molar-refractivity contribution is 0.416. The van der Waals surface area contributed by atoms with Crippen LogP contribution in [-0.4, -0.2) is 35.2 Å². The lowest BCUT2D eigenvalue weighted by atomic mass is 10.1. The fourth-order valence-electron chi connectivity index (χ4n) is 2.10. The first-order valence-electron chi connectivity index (χ1n) is 6.90. The summed E-state index contributed by atoms with van der Waals surface area (Å²) >= 11 is 6.06. The van der Waals surface area contributed by atoms with Crippen LogP contribution in [0, 0.1) is 6.92 Å². The minimum absolute atomic E-state index is 0.186. The van der Waals surface area contributed by atoms with Gasteiger partial charge < -0.3 is 9.64 Å². The molecule has 0 atom stereocenters. The van der Waals surface area contributed by atoms with Crippen molar-refractivity contribution in [2.24, 2.45) is 0 Å². The number of hydrogen-bond donors (Lipinski definition) is 0. The average Bonchev–Trinajstić information content (AvgIpc) is 2.48. The van der Waals surface area contributed by atoms with E-state index in [2.05, 4.69) is 15.0 Å². The Bertz CT molecular complexity index is 629. The summed E-state index contributed by atoms with van der Waals surface area (Å²) in [6.45, 7) is 7.72. The highest BCUT2D eigenvalue weighted by Gasteiger charge is 2.14. The number of hydrogen-bond acceptors (Lipinski definition) is 5. The lowest BCUT2D eigenvalue weighted by Crippen LogP contribution is -2.24. The van der Waals surface area contributed by atoms with Crippen LogP contribution in [0.1, 0.15) is 19.4 Å². The fourth-order valence-corrected chi connectivity index (χ4v) is 2.26. The molecule has 2 rings (SSSR count). The molecule has 0 unspecified atom stereocenters. The predicted molar refractivity (Wildman–Crippen MR) is 85.1 cm³/mol. The van der Waals surface area contributed by atoms with Crippen molar-refractivity contribution in [3.8, 4) is 17.1 Å². The maximum Gasteiger partial charge on any atom is 0.230 e. The van der Waals surface area contributed by atoms with Gasteiger partial charge in [-0.2, -0.15) is 15.0 Å². The van der Waals surface area contributed by atoms with Gasteiger partial charge in [0.05, 0.1) is 12.7 Å². The third-order valence-electron chi connectivity index (χ3n) is 3.24. The first kappa shape index (κ1) is 15.5. The Morgan fingerprint density at radius 1 is 1.14 bits per heavy atom. The van der Waals surface area contributed by atoms with E-state index in [4.69, 9.17) is 16.3 Å². The molecule has 0 aliphatic carbocycles. The molecule has 112 valence electrons. The van der Waals surface area contributed by atoms with Crippen molar-refractivity contribution in [3.05, 3.63) is 29.0 Å². The number of rotatable bonds is 5. The second-order valence-electron chi connectivity index (χ2n) is 4.60. The zero-order valence-electron chi connectivity index (χ0n) is 12.7. The van der Waals surface area contributed by atoms with E-state index in [1.165, 1.54) is 0 Å². The molecule has 0 fully saturated rings. The smallest absolute Gasteiger partial charge is 0.230 e. The summed E-state index contributed by atoms with van der Waals surface area (Å²) < 4.78 is 5.39. The van der Waals surface area contributed by atoms with Crippen molar-refractivity contribution in [1.29, 1.82) is 0 Å². The molecule has 1 aromatic carbocycles. The number of aryl methyl sites for hydroxylation is 1. The second kappa shape index (κ2) is 6.72. The standard InChI is InChI=1S/C15H19ClN4O/c1-5-20(6-2)15-18-13(17-14(16)19-15)11-9-10(3)7-8-12(11)21-4/h7-9H,5-6H2,1-4H3. The molecule has 0 N–H and O–H groups in total. The van der Waals surface area contributed by atoms with Crippen LogP contribution < -0.4 is 9.64 Å². The van der Waals surface area contributed by atoms with Gasteiger partial charge in [-0.15, -0.1) is 0 Å². The summed E-state index contributed by atoms with van der Waals surface area (Å²) in [5, 5.41) is 0.186. The molecule has 6 heteroatoms. The highest BCUT2D eigenvalue weighted by molar-refractivity contribution is 6.28. The first-order valence-corrected chi connectivity index (χ1v) is 7.28. The molecule has 0 spiro atoms. The van der Waals surface area contributed by atoms with Crippen LogP contribution >= 0.6 is 11.6 Å². The van der Waals surface area contributed by atoms with Gasteiger partial charge in [-0.1, -0.05) is 11.6 Å². The zero-order valence-corrected chi connectivity index (χ0v) is 13.5. The van der Waals surface area contributed by atoms with Gasteiger partial charge in [0.2, 0.25) is 11.2 Å². The van der Waals surface area contributed by atoms with Crippen LogP contribution in [-0.2, 0) is 0 Å². The molecular weight excluding hydrogens is 288 g/mol. The zero-order chi connectivity index (χ0) is 15.4. The first-order chi connectivity index (χ1) is 10.1. The minimum Gasteiger partial charge on any atom is -0.496 e. The van der Waals surface area contributed by atoms with E-state index in [1.807, 2.05) is 43.9 Å². The molecule has 0 saturated carbocycles. The molecule has 0 saturated heterocycles. The quantitative estimate of drug-likeness (QED) is 0.848.